The molecule has 21 heavy (non-hydrogen) atoms. The SMILES string of the molecule is NC(=O)Nc1ccc(CNC(=O)CC2COCCN2)cc1. The minimum absolute atomic E-state index is 0.0164. The number of hydrogen-bond donors (Lipinski definition) is 4. The number of amides is 3. The minimum Gasteiger partial charge on any atom is -0.378 e. The summed E-state index contributed by atoms with van der Waals surface area (Å²) in [5.41, 5.74) is 6.60. The Hall–Kier alpha value is -2.12. The van der Waals surface area contributed by atoms with Gasteiger partial charge in [0.15, 0.2) is 0 Å². The molecule has 0 radical (unpaired) electrons. The molecule has 1 atom stereocenters. The standard InChI is InChI=1S/C14H20N4O3/c15-14(20)18-11-3-1-10(2-4-11)8-17-13(19)7-12-9-21-6-5-16-12/h1-4,12,16H,5-9H2,(H,17,19)(H3,15,18,20). The lowest BCUT2D eigenvalue weighted by molar-refractivity contribution is -0.122. The van der Waals surface area contributed by atoms with Crippen molar-refractivity contribution in [2.24, 2.45) is 5.73 Å². The molecule has 1 unspecified atom stereocenters. The first-order valence-corrected chi connectivity index (χ1v) is 6.87. The fourth-order valence-electron chi connectivity index (χ4n) is 2.10. The Morgan fingerprint density at radius 1 is 1.33 bits per heavy atom. The summed E-state index contributed by atoms with van der Waals surface area (Å²) in [5.74, 6) is -0.0164. The van der Waals surface area contributed by atoms with Gasteiger partial charge in [-0.3, -0.25) is 4.79 Å². The van der Waals surface area contributed by atoms with Gasteiger partial charge in [0.25, 0.3) is 0 Å². The van der Waals surface area contributed by atoms with Crippen molar-refractivity contribution in [2.75, 3.05) is 25.1 Å². The zero-order valence-corrected chi connectivity index (χ0v) is 11.7. The van der Waals surface area contributed by atoms with Crippen molar-refractivity contribution >= 4 is 17.6 Å². The molecule has 7 heteroatoms. The summed E-state index contributed by atoms with van der Waals surface area (Å²) in [5, 5.41) is 8.58. The lowest BCUT2D eigenvalue weighted by Crippen LogP contribution is -2.44. The molecule has 1 aliphatic heterocycles. The minimum atomic E-state index is -0.599. The molecule has 7 nitrogen and oxygen atoms in total. The summed E-state index contributed by atoms with van der Waals surface area (Å²) in [6.45, 7) is 2.50. The van der Waals surface area contributed by atoms with Crippen LogP contribution in [0.5, 0.6) is 0 Å². The number of nitrogens with one attached hydrogen (secondary N) is 3. The maximum absolute atomic E-state index is 11.8. The number of hydrogen-bond acceptors (Lipinski definition) is 4. The van der Waals surface area contributed by atoms with Crippen molar-refractivity contribution in [2.45, 2.75) is 19.0 Å². The second-order valence-electron chi connectivity index (χ2n) is 4.89. The van der Waals surface area contributed by atoms with Gasteiger partial charge in [-0.05, 0) is 17.7 Å². The lowest BCUT2D eigenvalue weighted by Gasteiger charge is -2.23. The molecule has 1 aliphatic rings. The van der Waals surface area contributed by atoms with Crippen molar-refractivity contribution < 1.29 is 14.3 Å². The van der Waals surface area contributed by atoms with Crippen LogP contribution in [-0.2, 0) is 16.1 Å². The highest BCUT2D eigenvalue weighted by atomic mass is 16.5. The van der Waals surface area contributed by atoms with Gasteiger partial charge in [-0.1, -0.05) is 12.1 Å². The highest BCUT2D eigenvalue weighted by Crippen LogP contribution is 2.09. The average Bonchev–Trinajstić information content (AvgIpc) is 2.47. The van der Waals surface area contributed by atoms with E-state index in [-0.39, 0.29) is 11.9 Å². The topological polar surface area (TPSA) is 105 Å². The second kappa shape index (κ2) is 7.61. The van der Waals surface area contributed by atoms with Gasteiger partial charge < -0.3 is 26.4 Å². The molecule has 1 aromatic carbocycles. The van der Waals surface area contributed by atoms with E-state index in [1.54, 1.807) is 12.1 Å². The Labute approximate surface area is 123 Å². The number of benzene rings is 1. The van der Waals surface area contributed by atoms with Crippen LogP contribution in [-0.4, -0.2) is 37.7 Å². The predicted octanol–water partition coefficient (Wildman–Crippen LogP) is 0.172. The van der Waals surface area contributed by atoms with Crippen LogP contribution in [0.3, 0.4) is 0 Å². The van der Waals surface area contributed by atoms with Crippen LogP contribution in [0.25, 0.3) is 0 Å². The van der Waals surface area contributed by atoms with E-state index in [0.717, 1.165) is 12.1 Å². The number of ether oxygens (including phenoxy) is 1. The summed E-state index contributed by atoms with van der Waals surface area (Å²) < 4.78 is 5.30. The molecule has 0 aromatic heterocycles. The van der Waals surface area contributed by atoms with Crippen molar-refractivity contribution in [3.63, 3.8) is 0 Å². The molecule has 0 saturated carbocycles. The largest absolute Gasteiger partial charge is 0.378 e. The van der Waals surface area contributed by atoms with Gasteiger partial charge >= 0.3 is 6.03 Å². The summed E-state index contributed by atoms with van der Waals surface area (Å²) in [6, 6.07) is 6.62. The number of morpholine rings is 1. The number of urea groups is 1. The van der Waals surface area contributed by atoms with Gasteiger partial charge in [0, 0.05) is 31.2 Å². The number of carbonyl (C=O) groups is 2. The number of nitrogens with two attached hydrogens (primary N) is 1. The van der Waals surface area contributed by atoms with Gasteiger partial charge in [-0.2, -0.15) is 0 Å². The Bertz CT molecular complexity index is 483. The summed E-state index contributed by atoms with van der Waals surface area (Å²) in [7, 11) is 0. The van der Waals surface area contributed by atoms with E-state index in [1.807, 2.05) is 12.1 Å². The Morgan fingerprint density at radius 2 is 2.10 bits per heavy atom. The van der Waals surface area contributed by atoms with Crippen LogP contribution in [0.4, 0.5) is 10.5 Å². The van der Waals surface area contributed by atoms with Gasteiger partial charge in [0.05, 0.1) is 13.2 Å². The lowest BCUT2D eigenvalue weighted by atomic mass is 10.1. The number of anilines is 1. The van der Waals surface area contributed by atoms with Crippen LogP contribution >= 0.6 is 0 Å². The summed E-state index contributed by atoms with van der Waals surface area (Å²) in [6.07, 6.45) is 0.404. The van der Waals surface area contributed by atoms with E-state index in [4.69, 9.17) is 10.5 Å². The summed E-state index contributed by atoms with van der Waals surface area (Å²) >= 11 is 0. The normalized spacial score (nSPS) is 18.0. The molecule has 2 rings (SSSR count). The third-order valence-corrected chi connectivity index (χ3v) is 3.14. The predicted molar refractivity (Wildman–Crippen MR) is 78.7 cm³/mol. The molecular formula is C14H20N4O3. The molecule has 5 N–H and O–H groups in total. The zero-order valence-electron chi connectivity index (χ0n) is 11.7. The molecule has 1 fully saturated rings. The van der Waals surface area contributed by atoms with E-state index in [2.05, 4.69) is 16.0 Å². The molecule has 1 aromatic rings. The third-order valence-electron chi connectivity index (χ3n) is 3.14. The Balaban J connectivity index is 1.74. The quantitative estimate of drug-likeness (QED) is 0.621. The van der Waals surface area contributed by atoms with Crippen molar-refractivity contribution in [3.05, 3.63) is 29.8 Å². The molecule has 3 amide bonds. The Morgan fingerprint density at radius 3 is 2.71 bits per heavy atom. The third kappa shape index (κ3) is 5.41. The summed E-state index contributed by atoms with van der Waals surface area (Å²) in [4.78, 5) is 22.5. The van der Waals surface area contributed by atoms with Gasteiger partial charge in [0.1, 0.15) is 0 Å². The smallest absolute Gasteiger partial charge is 0.316 e. The Kier molecular flexibility index (Phi) is 5.53. The van der Waals surface area contributed by atoms with E-state index in [9.17, 15) is 9.59 Å². The fraction of sp³-hybridized carbons (Fsp3) is 0.429. The number of carbonyl (C=O) groups excluding carboxylic acids is 2. The van der Waals surface area contributed by atoms with Gasteiger partial charge in [0.2, 0.25) is 5.91 Å². The van der Waals surface area contributed by atoms with Crippen molar-refractivity contribution in [1.29, 1.82) is 0 Å². The number of rotatable bonds is 5. The van der Waals surface area contributed by atoms with Crippen molar-refractivity contribution in [3.8, 4) is 0 Å². The molecule has 0 spiro atoms. The molecule has 1 saturated heterocycles. The average molecular weight is 292 g/mol. The van der Waals surface area contributed by atoms with Crippen LogP contribution in [0.1, 0.15) is 12.0 Å². The first kappa shape index (κ1) is 15.3. The zero-order chi connectivity index (χ0) is 15.1. The first-order chi connectivity index (χ1) is 10.1. The van der Waals surface area contributed by atoms with Crippen molar-refractivity contribution in [1.82, 2.24) is 10.6 Å². The molecule has 0 bridgehead atoms. The van der Waals surface area contributed by atoms with Gasteiger partial charge in [-0.25, -0.2) is 4.79 Å². The van der Waals surface area contributed by atoms with E-state index in [0.29, 0.717) is 31.9 Å². The highest BCUT2D eigenvalue weighted by molar-refractivity contribution is 5.87. The van der Waals surface area contributed by atoms with Gasteiger partial charge in [-0.15, -0.1) is 0 Å². The van der Waals surface area contributed by atoms with Crippen LogP contribution in [0.2, 0.25) is 0 Å². The maximum Gasteiger partial charge on any atom is 0.316 e. The monoisotopic (exact) mass is 292 g/mol. The van der Waals surface area contributed by atoms with Crippen LogP contribution in [0, 0.1) is 0 Å². The highest BCUT2D eigenvalue weighted by Gasteiger charge is 2.16. The van der Waals surface area contributed by atoms with E-state index >= 15 is 0 Å². The van der Waals surface area contributed by atoms with E-state index in [1.165, 1.54) is 0 Å². The molecule has 114 valence electrons. The molecule has 1 heterocycles. The van der Waals surface area contributed by atoms with E-state index < -0.39 is 6.03 Å². The second-order valence-corrected chi connectivity index (χ2v) is 4.89. The van der Waals surface area contributed by atoms with Crippen LogP contribution < -0.4 is 21.7 Å². The maximum atomic E-state index is 11.8. The van der Waals surface area contributed by atoms with Crippen LogP contribution in [0.15, 0.2) is 24.3 Å². The molecule has 0 aliphatic carbocycles. The molecular weight excluding hydrogens is 272 g/mol. The first-order valence-electron chi connectivity index (χ1n) is 6.87. The number of primary amides is 1. The fourth-order valence-corrected chi connectivity index (χ4v) is 2.10.